The summed E-state index contributed by atoms with van der Waals surface area (Å²) in [5.74, 6) is 0.0579. The molecule has 0 aliphatic rings. The van der Waals surface area contributed by atoms with Gasteiger partial charge in [0.05, 0.1) is 5.69 Å². The molecule has 4 heteroatoms. The van der Waals surface area contributed by atoms with Crippen molar-refractivity contribution in [3.63, 3.8) is 0 Å². The zero-order chi connectivity index (χ0) is 12.1. The molecular weight excluding hydrogens is 317 g/mol. The first-order chi connectivity index (χ1) is 7.52. The average Bonchev–Trinajstić information content (AvgIpc) is 2.20. The van der Waals surface area contributed by atoms with E-state index < -0.39 is 0 Å². The number of hydrogen-bond donors (Lipinski definition) is 0. The smallest absolute Gasteiger partial charge is 0.223 e. The van der Waals surface area contributed by atoms with Gasteiger partial charge in [-0.05, 0) is 41.6 Å². The van der Waals surface area contributed by atoms with Crippen molar-refractivity contribution in [3.8, 4) is 0 Å². The maximum atomic E-state index is 11.5. The lowest BCUT2D eigenvalue weighted by Gasteiger charge is -2.21. The number of hydrogen-bond acceptors (Lipinski definition) is 2. The van der Waals surface area contributed by atoms with Crippen molar-refractivity contribution in [2.75, 3.05) is 11.4 Å². The lowest BCUT2D eigenvalue weighted by Crippen LogP contribution is -2.31. The fourth-order valence-electron chi connectivity index (χ4n) is 1.39. The Hall–Kier alpha value is -0.910. The van der Waals surface area contributed by atoms with Gasteiger partial charge in [0.1, 0.15) is 5.78 Å². The minimum absolute atomic E-state index is 0.0367. The molecule has 0 atom stereocenters. The Morgan fingerprint density at radius 2 is 1.88 bits per heavy atom. The van der Waals surface area contributed by atoms with Gasteiger partial charge in [0.2, 0.25) is 5.91 Å². The van der Waals surface area contributed by atoms with Gasteiger partial charge in [0.15, 0.2) is 0 Å². The Labute approximate surface area is 109 Å². The van der Waals surface area contributed by atoms with E-state index in [1.54, 1.807) is 4.90 Å². The van der Waals surface area contributed by atoms with E-state index in [0.29, 0.717) is 13.0 Å². The van der Waals surface area contributed by atoms with Crippen molar-refractivity contribution in [1.29, 1.82) is 0 Å². The van der Waals surface area contributed by atoms with Gasteiger partial charge in [-0.3, -0.25) is 9.59 Å². The van der Waals surface area contributed by atoms with E-state index in [0.717, 1.165) is 9.26 Å². The number of halogens is 1. The summed E-state index contributed by atoms with van der Waals surface area (Å²) in [6.45, 7) is 3.50. The molecule has 0 saturated heterocycles. The van der Waals surface area contributed by atoms with E-state index in [9.17, 15) is 9.59 Å². The van der Waals surface area contributed by atoms with Gasteiger partial charge < -0.3 is 4.90 Å². The molecule has 1 aromatic carbocycles. The predicted molar refractivity (Wildman–Crippen MR) is 72.5 cm³/mol. The number of benzene rings is 1. The third-order valence-corrected chi connectivity index (χ3v) is 3.12. The second-order valence-corrected chi connectivity index (χ2v) is 4.74. The zero-order valence-electron chi connectivity index (χ0n) is 9.37. The molecule has 1 aromatic rings. The minimum Gasteiger partial charge on any atom is -0.311 e. The van der Waals surface area contributed by atoms with Crippen LogP contribution in [0.3, 0.4) is 0 Å². The second kappa shape index (κ2) is 5.98. The van der Waals surface area contributed by atoms with E-state index in [-0.39, 0.29) is 11.7 Å². The molecule has 16 heavy (non-hydrogen) atoms. The predicted octanol–water partition coefficient (Wildman–Crippen LogP) is 2.62. The van der Waals surface area contributed by atoms with Gasteiger partial charge >= 0.3 is 0 Å². The molecule has 0 aliphatic carbocycles. The lowest BCUT2D eigenvalue weighted by atomic mass is 10.2. The number of para-hydroxylation sites is 1. The van der Waals surface area contributed by atoms with Gasteiger partial charge in [-0.15, -0.1) is 0 Å². The third-order valence-electron chi connectivity index (χ3n) is 2.21. The SMILES string of the molecule is CC(=O)CCN(C(C)=O)c1ccccc1I. The quantitative estimate of drug-likeness (QED) is 0.796. The molecular formula is C12H14INO2. The first-order valence-electron chi connectivity index (χ1n) is 5.04. The normalized spacial score (nSPS) is 9.94. The van der Waals surface area contributed by atoms with Crippen LogP contribution in [-0.2, 0) is 9.59 Å². The van der Waals surface area contributed by atoms with Crippen molar-refractivity contribution in [1.82, 2.24) is 0 Å². The molecule has 0 fully saturated rings. The van der Waals surface area contributed by atoms with Crippen LogP contribution >= 0.6 is 22.6 Å². The number of carbonyl (C=O) groups is 2. The molecule has 0 radical (unpaired) electrons. The zero-order valence-corrected chi connectivity index (χ0v) is 11.5. The molecule has 1 rings (SSSR count). The largest absolute Gasteiger partial charge is 0.311 e. The monoisotopic (exact) mass is 331 g/mol. The van der Waals surface area contributed by atoms with Crippen LogP contribution < -0.4 is 4.90 Å². The average molecular weight is 331 g/mol. The molecule has 0 N–H and O–H groups in total. The maximum absolute atomic E-state index is 11.5. The van der Waals surface area contributed by atoms with Crippen LogP contribution in [0.2, 0.25) is 0 Å². The van der Waals surface area contributed by atoms with E-state index in [2.05, 4.69) is 22.6 Å². The maximum Gasteiger partial charge on any atom is 0.223 e. The first-order valence-corrected chi connectivity index (χ1v) is 6.12. The first kappa shape index (κ1) is 13.2. The second-order valence-electron chi connectivity index (χ2n) is 3.57. The summed E-state index contributed by atoms with van der Waals surface area (Å²) in [6.07, 6.45) is 0.393. The fraction of sp³-hybridized carbons (Fsp3) is 0.333. The topological polar surface area (TPSA) is 37.4 Å². The Kier molecular flexibility index (Phi) is 4.92. The third kappa shape index (κ3) is 3.59. The van der Waals surface area contributed by atoms with Crippen LogP contribution in [0.25, 0.3) is 0 Å². The highest BCUT2D eigenvalue weighted by molar-refractivity contribution is 14.1. The van der Waals surface area contributed by atoms with Crippen LogP contribution in [0.5, 0.6) is 0 Å². The number of ketones is 1. The van der Waals surface area contributed by atoms with Crippen molar-refractivity contribution in [3.05, 3.63) is 27.8 Å². The summed E-state index contributed by atoms with van der Waals surface area (Å²) < 4.78 is 1.01. The molecule has 0 spiro atoms. The Morgan fingerprint density at radius 3 is 2.38 bits per heavy atom. The summed E-state index contributed by atoms with van der Waals surface area (Å²) in [4.78, 5) is 24.1. The Morgan fingerprint density at radius 1 is 1.25 bits per heavy atom. The van der Waals surface area contributed by atoms with E-state index in [4.69, 9.17) is 0 Å². The molecule has 0 bridgehead atoms. The summed E-state index contributed by atoms with van der Waals surface area (Å²) in [7, 11) is 0. The minimum atomic E-state index is -0.0367. The molecule has 3 nitrogen and oxygen atoms in total. The van der Waals surface area contributed by atoms with E-state index in [1.165, 1.54) is 13.8 Å². The summed E-state index contributed by atoms with van der Waals surface area (Å²) in [6, 6.07) is 7.65. The molecule has 0 unspecified atom stereocenters. The van der Waals surface area contributed by atoms with Crippen LogP contribution in [0.1, 0.15) is 20.3 Å². The van der Waals surface area contributed by atoms with Crippen LogP contribution in [0, 0.1) is 3.57 Å². The standard InChI is InChI=1S/C12H14INO2/c1-9(15)7-8-14(10(2)16)12-6-4-3-5-11(12)13/h3-6H,7-8H2,1-2H3. The van der Waals surface area contributed by atoms with E-state index in [1.807, 2.05) is 24.3 Å². The van der Waals surface area contributed by atoms with Gasteiger partial charge in [-0.25, -0.2) is 0 Å². The Bertz CT molecular complexity index is 404. The molecule has 86 valence electrons. The van der Waals surface area contributed by atoms with Gasteiger partial charge in [-0.2, -0.15) is 0 Å². The summed E-state index contributed by atoms with van der Waals surface area (Å²) >= 11 is 2.19. The van der Waals surface area contributed by atoms with Crippen molar-refractivity contribution < 1.29 is 9.59 Å². The number of carbonyl (C=O) groups excluding carboxylic acids is 2. The highest BCUT2D eigenvalue weighted by Crippen LogP contribution is 2.22. The lowest BCUT2D eigenvalue weighted by molar-refractivity contribution is -0.117. The van der Waals surface area contributed by atoms with Crippen LogP contribution in [0.15, 0.2) is 24.3 Å². The highest BCUT2D eigenvalue weighted by atomic mass is 127. The number of amides is 1. The van der Waals surface area contributed by atoms with Crippen molar-refractivity contribution in [2.45, 2.75) is 20.3 Å². The summed E-state index contributed by atoms with van der Waals surface area (Å²) in [5.41, 5.74) is 0.872. The van der Waals surface area contributed by atoms with Crippen LogP contribution in [0.4, 0.5) is 5.69 Å². The van der Waals surface area contributed by atoms with E-state index >= 15 is 0 Å². The molecule has 0 aromatic heterocycles. The fourth-order valence-corrected chi connectivity index (χ4v) is 2.07. The van der Waals surface area contributed by atoms with Crippen molar-refractivity contribution in [2.24, 2.45) is 0 Å². The van der Waals surface area contributed by atoms with Gasteiger partial charge in [0, 0.05) is 23.5 Å². The molecule has 1 amide bonds. The van der Waals surface area contributed by atoms with Gasteiger partial charge in [-0.1, -0.05) is 12.1 Å². The van der Waals surface area contributed by atoms with Crippen LogP contribution in [-0.4, -0.2) is 18.2 Å². The summed E-state index contributed by atoms with van der Waals surface area (Å²) in [5, 5.41) is 0. The number of Topliss-reactive ketones (excluding diaryl/α,β-unsaturated/α-hetero) is 1. The highest BCUT2D eigenvalue weighted by Gasteiger charge is 2.14. The van der Waals surface area contributed by atoms with Gasteiger partial charge in [0.25, 0.3) is 0 Å². The Balaban J connectivity index is 2.90. The molecule has 0 heterocycles. The number of rotatable bonds is 4. The van der Waals surface area contributed by atoms with Crippen molar-refractivity contribution >= 4 is 40.0 Å². The number of anilines is 1. The molecule has 0 saturated carbocycles. The molecule has 0 aliphatic heterocycles. The number of nitrogens with zero attached hydrogens (tertiary/aromatic N) is 1.